The first-order chi connectivity index (χ1) is 7.24. The maximum absolute atomic E-state index is 11.9. The molecule has 2 rings (SSSR count). The Morgan fingerprint density at radius 3 is 3.20 bits per heavy atom. The molecule has 1 heterocycles. The van der Waals surface area contributed by atoms with Gasteiger partial charge in [-0.15, -0.1) is 0 Å². The third-order valence-corrected chi connectivity index (χ3v) is 3.53. The van der Waals surface area contributed by atoms with Gasteiger partial charge in [-0.2, -0.15) is 0 Å². The van der Waals surface area contributed by atoms with Crippen LogP contribution in [0.3, 0.4) is 0 Å². The van der Waals surface area contributed by atoms with Gasteiger partial charge in [-0.1, -0.05) is 18.2 Å². The van der Waals surface area contributed by atoms with Crippen molar-refractivity contribution < 1.29 is 9.53 Å². The lowest BCUT2D eigenvalue weighted by Crippen LogP contribution is -2.40. The Bertz CT molecular complexity index is 333. The predicted octanol–water partition coefficient (Wildman–Crippen LogP) is 1.62. The summed E-state index contributed by atoms with van der Waals surface area (Å²) in [7, 11) is 1.47. The zero-order valence-corrected chi connectivity index (χ0v) is 9.25. The van der Waals surface area contributed by atoms with Crippen LogP contribution >= 0.6 is 0 Å². The van der Waals surface area contributed by atoms with Crippen molar-refractivity contribution in [2.45, 2.75) is 19.8 Å². The molecular weight excluding hydrogens is 190 g/mol. The fourth-order valence-corrected chi connectivity index (χ4v) is 2.67. The van der Waals surface area contributed by atoms with Gasteiger partial charge >= 0.3 is 5.97 Å². The summed E-state index contributed by atoms with van der Waals surface area (Å²) in [4.78, 5) is 11.9. The highest BCUT2D eigenvalue weighted by atomic mass is 16.5. The molecule has 2 unspecified atom stereocenters. The molecule has 0 aromatic heterocycles. The van der Waals surface area contributed by atoms with Gasteiger partial charge in [-0.25, -0.2) is 0 Å². The molecule has 0 spiro atoms. The van der Waals surface area contributed by atoms with E-state index in [0.717, 1.165) is 18.5 Å². The standard InChI is InChI=1S/C12H17NO2/c1-3-10-9-6-4-5-7-12(9,8-13-10)11(14)15-2/h3-4,6,9,13H,5,7-8H2,1-2H3. The van der Waals surface area contributed by atoms with Gasteiger partial charge in [0.1, 0.15) is 0 Å². The van der Waals surface area contributed by atoms with E-state index in [-0.39, 0.29) is 17.3 Å². The van der Waals surface area contributed by atoms with Gasteiger partial charge in [0.05, 0.1) is 12.5 Å². The Hall–Kier alpha value is -1.25. The van der Waals surface area contributed by atoms with E-state index in [1.54, 1.807) is 0 Å². The van der Waals surface area contributed by atoms with Crippen molar-refractivity contribution in [3.63, 3.8) is 0 Å². The van der Waals surface area contributed by atoms with E-state index in [1.165, 1.54) is 7.11 Å². The fourth-order valence-electron chi connectivity index (χ4n) is 2.67. The molecule has 2 atom stereocenters. The third kappa shape index (κ3) is 1.37. The van der Waals surface area contributed by atoms with E-state index in [9.17, 15) is 4.79 Å². The van der Waals surface area contributed by atoms with Crippen molar-refractivity contribution in [2.24, 2.45) is 11.3 Å². The van der Waals surface area contributed by atoms with E-state index in [1.807, 2.05) is 13.0 Å². The normalized spacial score (nSPS) is 36.1. The minimum absolute atomic E-state index is 0.0822. The van der Waals surface area contributed by atoms with Crippen molar-refractivity contribution in [3.8, 4) is 0 Å². The number of hydrogen-bond acceptors (Lipinski definition) is 3. The molecule has 0 amide bonds. The van der Waals surface area contributed by atoms with Crippen LogP contribution in [0.5, 0.6) is 0 Å². The molecule has 1 fully saturated rings. The van der Waals surface area contributed by atoms with Gasteiger partial charge in [-0.05, 0) is 19.8 Å². The summed E-state index contributed by atoms with van der Waals surface area (Å²) >= 11 is 0. The van der Waals surface area contributed by atoms with E-state index in [0.29, 0.717) is 6.54 Å². The number of methoxy groups -OCH3 is 1. The number of rotatable bonds is 1. The first-order valence-electron chi connectivity index (χ1n) is 5.40. The van der Waals surface area contributed by atoms with Gasteiger partial charge in [0.15, 0.2) is 0 Å². The van der Waals surface area contributed by atoms with Crippen molar-refractivity contribution in [1.82, 2.24) is 5.32 Å². The number of nitrogens with one attached hydrogen (secondary N) is 1. The first-order valence-corrected chi connectivity index (χ1v) is 5.40. The second-order valence-corrected chi connectivity index (χ2v) is 4.19. The van der Waals surface area contributed by atoms with Gasteiger partial charge in [0.25, 0.3) is 0 Å². The average Bonchev–Trinajstić information content (AvgIpc) is 2.67. The van der Waals surface area contributed by atoms with Crippen molar-refractivity contribution >= 4 is 5.97 Å². The smallest absolute Gasteiger partial charge is 0.314 e. The second kappa shape index (κ2) is 3.72. The molecule has 3 nitrogen and oxygen atoms in total. The first kappa shape index (κ1) is 10.3. The summed E-state index contributed by atoms with van der Waals surface area (Å²) in [5.41, 5.74) is 0.794. The molecule has 0 aromatic carbocycles. The molecule has 0 radical (unpaired) electrons. The summed E-state index contributed by atoms with van der Waals surface area (Å²) in [6, 6.07) is 0. The van der Waals surface area contributed by atoms with E-state index >= 15 is 0 Å². The van der Waals surface area contributed by atoms with Gasteiger partial charge in [-0.3, -0.25) is 4.79 Å². The van der Waals surface area contributed by atoms with Crippen LogP contribution in [-0.2, 0) is 9.53 Å². The van der Waals surface area contributed by atoms with Gasteiger partial charge < -0.3 is 10.1 Å². The monoisotopic (exact) mass is 207 g/mol. The lowest BCUT2D eigenvalue weighted by Gasteiger charge is -2.32. The van der Waals surface area contributed by atoms with E-state index < -0.39 is 0 Å². The van der Waals surface area contributed by atoms with Crippen LogP contribution in [-0.4, -0.2) is 19.6 Å². The molecule has 1 saturated heterocycles. The third-order valence-electron chi connectivity index (χ3n) is 3.53. The molecular formula is C12H17NO2. The summed E-state index contributed by atoms with van der Waals surface area (Å²) in [5.74, 6) is 0.102. The number of carbonyl (C=O) groups excluding carboxylic acids is 1. The Kier molecular flexibility index (Phi) is 2.55. The molecule has 1 N–H and O–H groups in total. The molecule has 0 saturated carbocycles. The van der Waals surface area contributed by atoms with Crippen molar-refractivity contribution in [2.75, 3.05) is 13.7 Å². The lowest BCUT2D eigenvalue weighted by atomic mass is 9.70. The molecule has 1 aliphatic carbocycles. The quantitative estimate of drug-likeness (QED) is 0.524. The minimum atomic E-state index is -0.356. The lowest BCUT2D eigenvalue weighted by molar-refractivity contribution is -0.153. The number of fused-ring (bicyclic) bond motifs is 1. The van der Waals surface area contributed by atoms with Crippen LogP contribution in [0.15, 0.2) is 23.9 Å². The topological polar surface area (TPSA) is 38.3 Å². The Balaban J connectivity index is 2.38. The van der Waals surface area contributed by atoms with Crippen LogP contribution in [0.25, 0.3) is 0 Å². The van der Waals surface area contributed by atoms with E-state index in [2.05, 4.69) is 17.5 Å². The maximum Gasteiger partial charge on any atom is 0.314 e. The molecule has 0 aromatic rings. The predicted molar refractivity (Wildman–Crippen MR) is 58.1 cm³/mol. The molecule has 3 heteroatoms. The highest BCUT2D eigenvalue weighted by molar-refractivity contribution is 5.79. The number of esters is 1. The number of carbonyl (C=O) groups is 1. The van der Waals surface area contributed by atoms with Crippen molar-refractivity contribution in [1.29, 1.82) is 0 Å². The van der Waals surface area contributed by atoms with Crippen LogP contribution in [0.2, 0.25) is 0 Å². The van der Waals surface area contributed by atoms with Gasteiger partial charge in [0, 0.05) is 18.2 Å². The Morgan fingerprint density at radius 1 is 1.73 bits per heavy atom. The van der Waals surface area contributed by atoms with Crippen molar-refractivity contribution in [3.05, 3.63) is 23.9 Å². The fraction of sp³-hybridized carbons (Fsp3) is 0.583. The van der Waals surface area contributed by atoms with Crippen LogP contribution in [0.1, 0.15) is 19.8 Å². The maximum atomic E-state index is 11.9. The Morgan fingerprint density at radius 2 is 2.53 bits per heavy atom. The molecule has 0 bridgehead atoms. The summed E-state index contributed by atoms with van der Waals surface area (Å²) in [6.07, 6.45) is 8.18. The minimum Gasteiger partial charge on any atom is -0.469 e. The summed E-state index contributed by atoms with van der Waals surface area (Å²) in [5, 5.41) is 3.31. The molecule has 82 valence electrons. The second-order valence-electron chi connectivity index (χ2n) is 4.19. The molecule has 1 aliphatic heterocycles. The molecule has 15 heavy (non-hydrogen) atoms. The highest BCUT2D eigenvalue weighted by Crippen LogP contribution is 2.45. The van der Waals surface area contributed by atoms with Crippen LogP contribution in [0.4, 0.5) is 0 Å². The zero-order chi connectivity index (χ0) is 10.9. The number of hydrogen-bond donors (Lipinski definition) is 1. The SMILES string of the molecule is CC=C1NCC2(C(=O)OC)CCC=CC12. The van der Waals surface area contributed by atoms with Crippen LogP contribution < -0.4 is 5.32 Å². The van der Waals surface area contributed by atoms with E-state index in [4.69, 9.17) is 4.74 Å². The summed E-state index contributed by atoms with van der Waals surface area (Å²) < 4.78 is 4.95. The van der Waals surface area contributed by atoms with Crippen LogP contribution in [0, 0.1) is 11.3 Å². The van der Waals surface area contributed by atoms with Gasteiger partial charge in [0.2, 0.25) is 0 Å². The average molecular weight is 207 g/mol. The molecule has 2 aliphatic rings. The summed E-state index contributed by atoms with van der Waals surface area (Å²) in [6.45, 7) is 2.70. The highest BCUT2D eigenvalue weighted by Gasteiger charge is 2.51. The number of ether oxygens (including phenoxy) is 1. The largest absolute Gasteiger partial charge is 0.469 e. The Labute approximate surface area is 90.2 Å². The number of allylic oxidation sites excluding steroid dienone is 3. The zero-order valence-electron chi connectivity index (χ0n) is 9.25.